The highest BCUT2D eigenvalue weighted by Crippen LogP contribution is 2.15. The number of halogens is 2. The van der Waals surface area contributed by atoms with Crippen LogP contribution in [0.5, 0.6) is 0 Å². The van der Waals surface area contributed by atoms with Crippen LogP contribution in [-0.4, -0.2) is 30.1 Å². The molecule has 1 aromatic rings. The van der Waals surface area contributed by atoms with E-state index >= 15 is 0 Å². The molecule has 0 aliphatic carbocycles. The molecule has 0 aromatic carbocycles. The predicted molar refractivity (Wildman–Crippen MR) is 65.6 cm³/mol. The fourth-order valence-electron chi connectivity index (χ4n) is 1.72. The predicted octanol–water partition coefficient (Wildman–Crippen LogP) is 2.30. The second kappa shape index (κ2) is 5.67. The number of amides is 1. The van der Waals surface area contributed by atoms with Gasteiger partial charge in [0.25, 0.3) is 5.91 Å². The van der Waals surface area contributed by atoms with Crippen LogP contribution in [0.4, 0.5) is 0 Å². The second-order valence-electron chi connectivity index (χ2n) is 3.89. The van der Waals surface area contributed by atoms with Crippen LogP contribution >= 0.6 is 23.2 Å². The minimum absolute atomic E-state index is 0.0574. The molecule has 2 heterocycles. The Labute approximate surface area is 109 Å². The van der Waals surface area contributed by atoms with Gasteiger partial charge >= 0.3 is 0 Å². The molecule has 6 heteroatoms. The minimum atomic E-state index is -0.202. The summed E-state index contributed by atoms with van der Waals surface area (Å²) >= 11 is 11.5. The first-order valence-electron chi connectivity index (χ1n) is 5.37. The first-order valence-corrected chi connectivity index (χ1v) is 6.12. The Bertz CT molecular complexity index is 400. The van der Waals surface area contributed by atoms with Gasteiger partial charge in [0.05, 0.1) is 12.6 Å². The minimum Gasteiger partial charge on any atom is -0.379 e. The zero-order chi connectivity index (χ0) is 12.3. The first-order chi connectivity index (χ1) is 8.15. The van der Waals surface area contributed by atoms with Crippen molar-refractivity contribution in [1.29, 1.82) is 0 Å². The van der Waals surface area contributed by atoms with E-state index < -0.39 is 0 Å². The highest BCUT2D eigenvalue weighted by molar-refractivity contribution is 6.33. The number of nitrogens with zero attached hydrogens (tertiary/aromatic N) is 1. The Balaban J connectivity index is 2.03. The summed E-state index contributed by atoms with van der Waals surface area (Å²) in [4.78, 5) is 15.7. The summed E-state index contributed by atoms with van der Waals surface area (Å²) in [7, 11) is 0. The summed E-state index contributed by atoms with van der Waals surface area (Å²) in [5.41, 5.74) is 0.417. The smallest absolute Gasteiger partial charge is 0.251 e. The molecule has 1 unspecified atom stereocenters. The standard InChI is InChI=1S/C11H12Cl2N2O2/c12-9-4-7(5-10(13)15-9)11(16)14-8-2-1-3-17-6-8/h4-5,8H,1-3,6H2,(H,14,16). The molecular formula is C11H12Cl2N2O2. The third-order valence-electron chi connectivity index (χ3n) is 2.52. The van der Waals surface area contributed by atoms with Crippen LogP contribution in [-0.2, 0) is 4.74 Å². The number of carbonyl (C=O) groups is 1. The van der Waals surface area contributed by atoms with Gasteiger partial charge < -0.3 is 10.1 Å². The monoisotopic (exact) mass is 274 g/mol. The largest absolute Gasteiger partial charge is 0.379 e. The van der Waals surface area contributed by atoms with Gasteiger partial charge in [0, 0.05) is 12.2 Å². The Morgan fingerprint density at radius 2 is 2.12 bits per heavy atom. The van der Waals surface area contributed by atoms with Crippen molar-refractivity contribution < 1.29 is 9.53 Å². The van der Waals surface area contributed by atoms with Gasteiger partial charge in [0.2, 0.25) is 0 Å². The van der Waals surface area contributed by atoms with E-state index in [4.69, 9.17) is 27.9 Å². The van der Waals surface area contributed by atoms with Gasteiger partial charge in [0.15, 0.2) is 0 Å². The molecule has 1 saturated heterocycles. The second-order valence-corrected chi connectivity index (χ2v) is 4.66. The van der Waals surface area contributed by atoms with Gasteiger partial charge in [-0.15, -0.1) is 0 Å². The topological polar surface area (TPSA) is 51.2 Å². The highest BCUT2D eigenvalue weighted by atomic mass is 35.5. The third kappa shape index (κ3) is 3.56. The molecule has 0 saturated carbocycles. The van der Waals surface area contributed by atoms with Gasteiger partial charge in [-0.25, -0.2) is 4.98 Å². The molecule has 0 radical (unpaired) electrons. The van der Waals surface area contributed by atoms with Crippen molar-refractivity contribution in [1.82, 2.24) is 10.3 Å². The van der Waals surface area contributed by atoms with E-state index in [0.29, 0.717) is 12.2 Å². The lowest BCUT2D eigenvalue weighted by molar-refractivity contribution is 0.0624. The van der Waals surface area contributed by atoms with E-state index in [-0.39, 0.29) is 22.3 Å². The average molecular weight is 275 g/mol. The number of hydrogen-bond donors (Lipinski definition) is 1. The van der Waals surface area contributed by atoms with Crippen molar-refractivity contribution in [2.24, 2.45) is 0 Å². The zero-order valence-corrected chi connectivity index (χ0v) is 10.6. The molecule has 1 N–H and O–H groups in total. The normalized spacial score (nSPS) is 20.0. The van der Waals surface area contributed by atoms with Gasteiger partial charge in [0.1, 0.15) is 10.3 Å². The number of pyridine rings is 1. The van der Waals surface area contributed by atoms with Gasteiger partial charge in [-0.1, -0.05) is 23.2 Å². The fraction of sp³-hybridized carbons (Fsp3) is 0.455. The lowest BCUT2D eigenvalue weighted by Crippen LogP contribution is -2.40. The maximum absolute atomic E-state index is 11.9. The van der Waals surface area contributed by atoms with Crippen molar-refractivity contribution >= 4 is 29.1 Å². The Morgan fingerprint density at radius 1 is 1.41 bits per heavy atom. The molecular weight excluding hydrogens is 263 g/mol. The van der Waals surface area contributed by atoms with Crippen molar-refractivity contribution in [3.63, 3.8) is 0 Å². The summed E-state index contributed by atoms with van der Waals surface area (Å²) in [6, 6.07) is 3.04. The van der Waals surface area contributed by atoms with Crippen LogP contribution in [0.3, 0.4) is 0 Å². The van der Waals surface area contributed by atoms with Crippen molar-refractivity contribution in [3.8, 4) is 0 Å². The van der Waals surface area contributed by atoms with Crippen LogP contribution in [0.15, 0.2) is 12.1 Å². The quantitative estimate of drug-likeness (QED) is 0.842. The number of nitrogens with one attached hydrogen (secondary N) is 1. The van der Waals surface area contributed by atoms with E-state index in [2.05, 4.69) is 10.3 Å². The Morgan fingerprint density at radius 3 is 2.71 bits per heavy atom. The van der Waals surface area contributed by atoms with Crippen molar-refractivity contribution in [2.75, 3.05) is 13.2 Å². The Hall–Kier alpha value is -0.840. The maximum atomic E-state index is 11.9. The lowest BCUT2D eigenvalue weighted by Gasteiger charge is -2.23. The summed E-state index contributed by atoms with van der Waals surface area (Å²) < 4.78 is 5.29. The summed E-state index contributed by atoms with van der Waals surface area (Å²) in [5, 5.41) is 3.30. The summed E-state index contributed by atoms with van der Waals surface area (Å²) in [5.74, 6) is -0.202. The molecule has 1 amide bonds. The van der Waals surface area contributed by atoms with E-state index in [0.717, 1.165) is 19.4 Å². The first kappa shape index (κ1) is 12.6. The zero-order valence-electron chi connectivity index (χ0n) is 9.08. The molecule has 0 bridgehead atoms. The molecule has 1 aliphatic rings. The number of carbonyl (C=O) groups excluding carboxylic acids is 1. The number of ether oxygens (including phenoxy) is 1. The van der Waals surface area contributed by atoms with Crippen LogP contribution in [0.1, 0.15) is 23.2 Å². The van der Waals surface area contributed by atoms with Gasteiger partial charge in [-0.05, 0) is 25.0 Å². The number of aromatic nitrogens is 1. The van der Waals surface area contributed by atoms with Crippen molar-refractivity contribution in [3.05, 3.63) is 28.0 Å². The molecule has 1 fully saturated rings. The molecule has 4 nitrogen and oxygen atoms in total. The third-order valence-corrected chi connectivity index (χ3v) is 2.91. The Kier molecular flexibility index (Phi) is 4.20. The fourth-order valence-corrected chi connectivity index (χ4v) is 2.18. The molecule has 92 valence electrons. The SMILES string of the molecule is O=C(NC1CCCOC1)c1cc(Cl)nc(Cl)c1. The highest BCUT2D eigenvalue weighted by Gasteiger charge is 2.17. The molecule has 0 spiro atoms. The average Bonchev–Trinajstić information content (AvgIpc) is 2.29. The molecule has 1 aromatic heterocycles. The number of rotatable bonds is 2. The van der Waals surface area contributed by atoms with Crippen LogP contribution < -0.4 is 5.32 Å². The van der Waals surface area contributed by atoms with E-state index in [1.165, 1.54) is 12.1 Å². The van der Waals surface area contributed by atoms with E-state index in [1.54, 1.807) is 0 Å². The van der Waals surface area contributed by atoms with Gasteiger partial charge in [-0.2, -0.15) is 0 Å². The molecule has 1 atom stereocenters. The molecule has 2 rings (SSSR count). The van der Waals surface area contributed by atoms with Crippen LogP contribution in [0.2, 0.25) is 10.3 Å². The van der Waals surface area contributed by atoms with E-state index in [9.17, 15) is 4.79 Å². The summed E-state index contributed by atoms with van der Waals surface area (Å²) in [6.07, 6.45) is 1.89. The number of hydrogen-bond acceptors (Lipinski definition) is 3. The van der Waals surface area contributed by atoms with Crippen LogP contribution in [0.25, 0.3) is 0 Å². The van der Waals surface area contributed by atoms with Crippen molar-refractivity contribution in [2.45, 2.75) is 18.9 Å². The van der Waals surface area contributed by atoms with Crippen LogP contribution in [0, 0.1) is 0 Å². The van der Waals surface area contributed by atoms with E-state index in [1.807, 2.05) is 0 Å². The molecule has 17 heavy (non-hydrogen) atoms. The summed E-state index contributed by atoms with van der Waals surface area (Å²) in [6.45, 7) is 1.32. The lowest BCUT2D eigenvalue weighted by atomic mass is 10.1. The van der Waals surface area contributed by atoms with Gasteiger partial charge in [-0.3, -0.25) is 4.79 Å². The maximum Gasteiger partial charge on any atom is 0.251 e. The molecule has 1 aliphatic heterocycles.